The average Bonchev–Trinajstić information content (AvgIpc) is 2.54. The maximum atomic E-state index is 11.3. The van der Waals surface area contributed by atoms with E-state index in [4.69, 9.17) is 5.73 Å². The van der Waals surface area contributed by atoms with Gasteiger partial charge in [-0.05, 0) is 40.5 Å². The molecule has 1 aromatic carbocycles. The van der Waals surface area contributed by atoms with Gasteiger partial charge < -0.3 is 16.0 Å². The van der Waals surface area contributed by atoms with Crippen molar-refractivity contribution in [3.63, 3.8) is 0 Å². The Bertz CT molecular complexity index is 448. The standard InChI is InChI=1S/C13H18BrN3O/c1-9(15)10-2-3-12(11(14)8-10)17-6-4-13(18)16-5-7-17/h2-3,8-9H,4-7,15H2,1H3,(H,16,18)/t9-/m0/s1. The van der Waals surface area contributed by atoms with Crippen LogP contribution in [0.25, 0.3) is 0 Å². The third kappa shape index (κ3) is 3.03. The zero-order chi connectivity index (χ0) is 13.1. The van der Waals surface area contributed by atoms with Gasteiger partial charge in [0.1, 0.15) is 0 Å². The molecular weight excluding hydrogens is 294 g/mol. The smallest absolute Gasteiger partial charge is 0.221 e. The van der Waals surface area contributed by atoms with Gasteiger partial charge in [0.05, 0.1) is 5.69 Å². The Morgan fingerprint density at radius 1 is 1.44 bits per heavy atom. The van der Waals surface area contributed by atoms with Crippen molar-refractivity contribution in [1.29, 1.82) is 0 Å². The Balaban J connectivity index is 2.20. The van der Waals surface area contributed by atoms with E-state index in [0.29, 0.717) is 13.0 Å². The number of nitrogens with zero attached hydrogens (tertiary/aromatic N) is 1. The van der Waals surface area contributed by atoms with Crippen molar-refractivity contribution < 1.29 is 4.79 Å². The van der Waals surface area contributed by atoms with Gasteiger partial charge >= 0.3 is 0 Å². The molecule has 0 aliphatic carbocycles. The molecule has 0 radical (unpaired) electrons. The van der Waals surface area contributed by atoms with Gasteiger partial charge in [0.25, 0.3) is 0 Å². The van der Waals surface area contributed by atoms with Gasteiger partial charge in [-0.15, -0.1) is 0 Å². The van der Waals surface area contributed by atoms with E-state index in [0.717, 1.165) is 28.8 Å². The number of nitrogens with one attached hydrogen (secondary N) is 1. The number of nitrogens with two attached hydrogens (primary N) is 1. The minimum atomic E-state index is 0.0303. The number of amides is 1. The van der Waals surface area contributed by atoms with E-state index >= 15 is 0 Å². The number of benzene rings is 1. The van der Waals surface area contributed by atoms with Crippen molar-refractivity contribution in [2.45, 2.75) is 19.4 Å². The fraction of sp³-hybridized carbons (Fsp3) is 0.462. The number of carbonyl (C=O) groups excluding carboxylic acids is 1. The van der Waals surface area contributed by atoms with Gasteiger partial charge in [0, 0.05) is 36.6 Å². The summed E-state index contributed by atoms with van der Waals surface area (Å²) < 4.78 is 1.03. The first-order chi connectivity index (χ1) is 8.58. The molecule has 1 aliphatic rings. The van der Waals surface area contributed by atoms with Crippen LogP contribution in [0.3, 0.4) is 0 Å². The summed E-state index contributed by atoms with van der Waals surface area (Å²) in [4.78, 5) is 13.5. The fourth-order valence-electron chi connectivity index (χ4n) is 2.07. The number of hydrogen-bond donors (Lipinski definition) is 2. The maximum Gasteiger partial charge on any atom is 0.221 e. The van der Waals surface area contributed by atoms with Crippen LogP contribution >= 0.6 is 15.9 Å². The van der Waals surface area contributed by atoms with Crippen LogP contribution in [-0.4, -0.2) is 25.5 Å². The minimum absolute atomic E-state index is 0.0303. The van der Waals surface area contributed by atoms with Crippen LogP contribution in [0.4, 0.5) is 5.69 Å². The molecule has 4 nitrogen and oxygen atoms in total. The third-order valence-electron chi connectivity index (χ3n) is 3.15. The first-order valence-corrected chi connectivity index (χ1v) is 6.94. The van der Waals surface area contributed by atoms with Crippen molar-refractivity contribution in [2.75, 3.05) is 24.5 Å². The summed E-state index contributed by atoms with van der Waals surface area (Å²) in [5.41, 5.74) is 8.09. The van der Waals surface area contributed by atoms with Crippen molar-refractivity contribution in [3.05, 3.63) is 28.2 Å². The summed E-state index contributed by atoms with van der Waals surface area (Å²) in [5, 5.41) is 2.88. The zero-order valence-corrected chi connectivity index (χ0v) is 12.0. The quantitative estimate of drug-likeness (QED) is 0.875. The maximum absolute atomic E-state index is 11.3. The van der Waals surface area contributed by atoms with Gasteiger partial charge in [0.2, 0.25) is 5.91 Å². The summed E-state index contributed by atoms with van der Waals surface area (Å²) in [6.07, 6.45) is 0.543. The van der Waals surface area contributed by atoms with Gasteiger partial charge in [-0.3, -0.25) is 4.79 Å². The summed E-state index contributed by atoms with van der Waals surface area (Å²) in [6.45, 7) is 4.25. The molecule has 1 aliphatic heterocycles. The highest BCUT2D eigenvalue weighted by Crippen LogP contribution is 2.29. The van der Waals surface area contributed by atoms with Gasteiger partial charge in [-0.25, -0.2) is 0 Å². The topological polar surface area (TPSA) is 58.4 Å². The van der Waals surface area contributed by atoms with Crippen LogP contribution in [0.2, 0.25) is 0 Å². The number of carbonyl (C=O) groups is 1. The molecule has 1 fully saturated rings. The van der Waals surface area contributed by atoms with E-state index < -0.39 is 0 Å². The molecule has 0 spiro atoms. The Kier molecular flexibility index (Phi) is 4.24. The molecule has 1 atom stereocenters. The summed E-state index contributed by atoms with van der Waals surface area (Å²) in [6, 6.07) is 6.20. The second-order valence-corrected chi connectivity index (χ2v) is 5.44. The van der Waals surface area contributed by atoms with Crippen LogP contribution in [0.1, 0.15) is 24.9 Å². The van der Waals surface area contributed by atoms with Gasteiger partial charge in [-0.2, -0.15) is 0 Å². The molecule has 18 heavy (non-hydrogen) atoms. The van der Waals surface area contributed by atoms with Gasteiger partial charge in [-0.1, -0.05) is 6.07 Å². The van der Waals surface area contributed by atoms with Crippen LogP contribution in [0.5, 0.6) is 0 Å². The Labute approximate surface area is 116 Å². The number of halogens is 1. The predicted octanol–water partition coefficient (Wildman–Crippen LogP) is 1.80. The number of hydrogen-bond acceptors (Lipinski definition) is 3. The second kappa shape index (κ2) is 5.71. The lowest BCUT2D eigenvalue weighted by molar-refractivity contribution is -0.120. The van der Waals surface area contributed by atoms with E-state index in [-0.39, 0.29) is 11.9 Å². The molecule has 0 saturated carbocycles. The molecule has 1 saturated heterocycles. The first-order valence-electron chi connectivity index (χ1n) is 6.14. The van der Waals surface area contributed by atoms with Crippen LogP contribution in [0.15, 0.2) is 22.7 Å². The highest BCUT2D eigenvalue weighted by Gasteiger charge is 2.16. The lowest BCUT2D eigenvalue weighted by Crippen LogP contribution is -2.28. The molecule has 1 heterocycles. The minimum Gasteiger partial charge on any atom is -0.368 e. The molecule has 1 amide bonds. The largest absolute Gasteiger partial charge is 0.368 e. The molecule has 0 aromatic heterocycles. The Morgan fingerprint density at radius 2 is 2.22 bits per heavy atom. The lowest BCUT2D eigenvalue weighted by Gasteiger charge is -2.24. The molecule has 98 valence electrons. The van der Waals surface area contributed by atoms with Crippen molar-refractivity contribution in [3.8, 4) is 0 Å². The molecule has 0 bridgehead atoms. The van der Waals surface area contributed by atoms with Crippen LogP contribution in [-0.2, 0) is 4.79 Å². The Hall–Kier alpha value is -1.07. The summed E-state index contributed by atoms with van der Waals surface area (Å²) in [7, 11) is 0. The Morgan fingerprint density at radius 3 is 2.89 bits per heavy atom. The predicted molar refractivity (Wildman–Crippen MR) is 76.6 cm³/mol. The van der Waals surface area contributed by atoms with E-state index in [9.17, 15) is 4.79 Å². The van der Waals surface area contributed by atoms with E-state index in [1.165, 1.54) is 0 Å². The average molecular weight is 312 g/mol. The normalized spacial score (nSPS) is 18.2. The van der Waals surface area contributed by atoms with Crippen molar-refractivity contribution in [1.82, 2.24) is 5.32 Å². The summed E-state index contributed by atoms with van der Waals surface area (Å²) >= 11 is 3.59. The monoisotopic (exact) mass is 311 g/mol. The SMILES string of the molecule is C[C@H](N)c1ccc(N2CCNC(=O)CC2)c(Br)c1. The van der Waals surface area contributed by atoms with E-state index in [1.807, 2.05) is 13.0 Å². The highest BCUT2D eigenvalue weighted by atomic mass is 79.9. The summed E-state index contributed by atoms with van der Waals surface area (Å²) in [5.74, 6) is 0.126. The molecule has 0 unspecified atom stereocenters. The zero-order valence-electron chi connectivity index (χ0n) is 10.4. The number of anilines is 1. The molecule has 3 N–H and O–H groups in total. The third-order valence-corrected chi connectivity index (χ3v) is 3.79. The number of rotatable bonds is 2. The highest BCUT2D eigenvalue weighted by molar-refractivity contribution is 9.10. The van der Waals surface area contributed by atoms with Crippen LogP contribution < -0.4 is 16.0 Å². The molecular formula is C13H18BrN3O. The van der Waals surface area contributed by atoms with Crippen molar-refractivity contribution in [2.24, 2.45) is 5.73 Å². The molecule has 1 aromatic rings. The second-order valence-electron chi connectivity index (χ2n) is 4.59. The van der Waals surface area contributed by atoms with Crippen LogP contribution in [0, 0.1) is 0 Å². The van der Waals surface area contributed by atoms with Crippen molar-refractivity contribution >= 4 is 27.5 Å². The lowest BCUT2D eigenvalue weighted by atomic mass is 10.1. The molecule has 2 rings (SSSR count). The van der Waals surface area contributed by atoms with E-state index in [2.05, 4.69) is 38.3 Å². The molecule has 5 heteroatoms. The fourth-order valence-corrected chi connectivity index (χ4v) is 2.72. The van der Waals surface area contributed by atoms with Gasteiger partial charge in [0.15, 0.2) is 0 Å². The van der Waals surface area contributed by atoms with E-state index in [1.54, 1.807) is 0 Å². The first kappa shape index (κ1) is 13.4.